The van der Waals surface area contributed by atoms with Crippen LogP contribution in [0.1, 0.15) is 38.8 Å². The number of aryl methyl sites for hydroxylation is 1. The number of hydrogen-bond donors (Lipinski definition) is 4. The SMILES string of the molecule is CC1(C)C(C(=O)O)N2C(=O)CC2S1(=O)=O.CCN1CCN(C(=O)NC(C(=O)NC2C(=O)N3C(C(=O)[O-])=C(CSc4nnnn4C)CSC23)c2ccc(O)cc2)C(=O)C1=O.[Na+]. The number of aromatic hydroxyl groups is 1. The van der Waals surface area contributed by atoms with E-state index in [2.05, 4.69) is 26.2 Å². The normalized spacial score (nSPS) is 24.1. The summed E-state index contributed by atoms with van der Waals surface area (Å²) in [5, 5.41) is 45.7. The van der Waals surface area contributed by atoms with Gasteiger partial charge in [0.05, 0.1) is 22.8 Å². The predicted octanol–water partition coefficient (Wildman–Crippen LogP) is -6.24. The molecule has 5 atom stereocenters. The Balaban J connectivity index is 0.000000358. The fourth-order valence-corrected chi connectivity index (χ4v) is 11.5. The standard InChI is InChI=1S/C25H27N9O8S2.C8H11NO5S.Na/c1-3-32-8-9-33(21(39)20(32)38)24(42)27-15(12-4-6-14(35)7-5-12)18(36)26-16-19(37)34-17(23(40)41)13(10-43-22(16)34)11-44-25-28-29-30-31(25)2;1-8(2)6(7(11)12)9-4(10)3-5(9)15(8,13)14;/h4-7,15-16,22,35H,3,8-11H2,1-2H3,(H,26,36)(H,27,42)(H,40,41);5-6H,3H2,1-2H3,(H,11,12);/q;;+1/p-1. The Morgan fingerprint density at radius 2 is 1.75 bits per heavy atom. The van der Waals surface area contributed by atoms with Gasteiger partial charge in [-0.05, 0) is 54.5 Å². The van der Waals surface area contributed by atoms with E-state index in [9.17, 15) is 57.0 Å². The number of carboxylic acids is 2. The number of phenols is 1. The molecule has 0 aliphatic carbocycles. The number of benzene rings is 1. The Bertz CT molecular complexity index is 2290. The van der Waals surface area contributed by atoms with Gasteiger partial charge in [-0.2, -0.15) is 0 Å². The van der Waals surface area contributed by atoms with E-state index >= 15 is 0 Å². The van der Waals surface area contributed by atoms with Crippen LogP contribution in [0.5, 0.6) is 5.75 Å². The number of imide groups is 1. The first-order chi connectivity index (χ1) is 27.7. The van der Waals surface area contributed by atoms with Crippen LogP contribution in [-0.2, 0) is 50.4 Å². The van der Waals surface area contributed by atoms with Crippen molar-refractivity contribution in [3.63, 3.8) is 0 Å². The number of amides is 7. The number of fused-ring (bicyclic) bond motifs is 2. The molecule has 4 N–H and O–H groups in total. The number of thioether (sulfide) groups is 2. The summed E-state index contributed by atoms with van der Waals surface area (Å²) in [6.45, 7) is 4.73. The molecular formula is C33H37N10NaO13S3. The third-order valence-electron chi connectivity index (χ3n) is 10.4. The molecule has 0 bridgehead atoms. The Hall–Kier alpha value is -4.76. The van der Waals surface area contributed by atoms with Crippen LogP contribution in [0.4, 0.5) is 4.79 Å². The minimum absolute atomic E-state index is 0. The van der Waals surface area contributed by atoms with Crippen LogP contribution in [0.15, 0.2) is 40.7 Å². The van der Waals surface area contributed by atoms with Gasteiger partial charge in [0.15, 0.2) is 9.84 Å². The number of rotatable bonds is 10. The molecule has 316 valence electrons. The minimum atomic E-state index is -3.57. The second-order valence-corrected chi connectivity index (χ2v) is 18.9. The Morgan fingerprint density at radius 1 is 1.08 bits per heavy atom. The van der Waals surface area contributed by atoms with E-state index in [1.807, 2.05) is 0 Å². The van der Waals surface area contributed by atoms with Crippen molar-refractivity contribution in [3.05, 3.63) is 41.1 Å². The van der Waals surface area contributed by atoms with Gasteiger partial charge < -0.3 is 40.5 Å². The molecule has 2 aromatic rings. The summed E-state index contributed by atoms with van der Waals surface area (Å²) in [4.78, 5) is 103. The van der Waals surface area contributed by atoms with Crippen molar-refractivity contribution in [3.8, 4) is 5.75 Å². The number of urea groups is 1. The van der Waals surface area contributed by atoms with E-state index in [1.54, 1.807) is 14.0 Å². The average molecular weight is 901 g/mol. The number of aliphatic carboxylic acids is 2. The van der Waals surface area contributed by atoms with Crippen LogP contribution in [0.2, 0.25) is 0 Å². The molecule has 4 saturated heterocycles. The van der Waals surface area contributed by atoms with Crippen molar-refractivity contribution < 1.29 is 91.7 Å². The topological polar surface area (TPSA) is 315 Å². The van der Waals surface area contributed by atoms with Crippen LogP contribution in [0.3, 0.4) is 0 Å². The molecule has 6 heterocycles. The van der Waals surface area contributed by atoms with Gasteiger partial charge in [-0.15, -0.1) is 16.9 Å². The zero-order valence-electron chi connectivity index (χ0n) is 32.6. The molecule has 1 aromatic carbocycles. The molecule has 7 rings (SSSR count). The van der Waals surface area contributed by atoms with Crippen LogP contribution in [0, 0.1) is 0 Å². The number of aromatic nitrogens is 4. The van der Waals surface area contributed by atoms with E-state index in [0.717, 1.165) is 9.80 Å². The van der Waals surface area contributed by atoms with Crippen LogP contribution in [-0.4, -0.2) is 165 Å². The number of piperazine rings is 1. The number of sulfone groups is 1. The quantitative estimate of drug-likeness (QED) is 0.0746. The van der Waals surface area contributed by atoms with Gasteiger partial charge in [0.1, 0.15) is 34.6 Å². The first-order valence-corrected chi connectivity index (χ1v) is 21.3. The summed E-state index contributed by atoms with van der Waals surface area (Å²) < 4.78 is 23.8. The molecule has 0 radical (unpaired) electrons. The van der Waals surface area contributed by atoms with Gasteiger partial charge in [0.25, 0.3) is 5.91 Å². The predicted molar refractivity (Wildman–Crippen MR) is 200 cm³/mol. The number of tetrazole rings is 1. The van der Waals surface area contributed by atoms with Crippen molar-refractivity contribution in [1.82, 2.24) is 50.4 Å². The molecule has 5 aliphatic heterocycles. The molecule has 0 spiro atoms. The van der Waals surface area contributed by atoms with Gasteiger partial charge in [-0.25, -0.2) is 22.7 Å². The van der Waals surface area contributed by atoms with Crippen LogP contribution < -0.4 is 45.3 Å². The van der Waals surface area contributed by atoms with Gasteiger partial charge in [-0.3, -0.25) is 33.8 Å². The number of β-lactam (4-membered cyclic amide) rings is 2. The Morgan fingerprint density at radius 3 is 2.30 bits per heavy atom. The number of carboxylic acid groups (broad SMARTS) is 2. The summed E-state index contributed by atoms with van der Waals surface area (Å²) in [7, 11) is -1.94. The monoisotopic (exact) mass is 900 g/mol. The molecular weight excluding hydrogens is 864 g/mol. The van der Waals surface area contributed by atoms with E-state index in [4.69, 9.17) is 5.11 Å². The van der Waals surface area contributed by atoms with Gasteiger partial charge in [0, 0.05) is 38.2 Å². The number of nitrogens with zero attached hydrogens (tertiary/aromatic N) is 8. The molecule has 0 saturated carbocycles. The fraction of sp³-hybridized carbons (Fsp3) is 0.485. The van der Waals surface area contributed by atoms with Crippen molar-refractivity contribution in [1.29, 1.82) is 0 Å². The van der Waals surface area contributed by atoms with Gasteiger partial charge >= 0.3 is 53.4 Å². The maximum absolute atomic E-state index is 13.5. The van der Waals surface area contributed by atoms with E-state index in [1.165, 1.54) is 71.2 Å². The van der Waals surface area contributed by atoms with Crippen molar-refractivity contribution in [2.24, 2.45) is 7.05 Å². The van der Waals surface area contributed by atoms with E-state index in [-0.39, 0.29) is 77.6 Å². The molecule has 4 fully saturated rings. The third-order valence-corrected chi connectivity index (χ3v) is 15.6. The molecule has 7 amide bonds. The summed E-state index contributed by atoms with van der Waals surface area (Å²) in [6, 6.07) is 0.506. The largest absolute Gasteiger partial charge is 1.00 e. The summed E-state index contributed by atoms with van der Waals surface area (Å²) in [5.74, 6) is -6.33. The van der Waals surface area contributed by atoms with Crippen LogP contribution >= 0.6 is 23.5 Å². The summed E-state index contributed by atoms with van der Waals surface area (Å²) >= 11 is 2.43. The smallest absolute Gasteiger partial charge is 0.543 e. The maximum Gasteiger partial charge on any atom is 1.00 e. The van der Waals surface area contributed by atoms with Gasteiger partial charge in [-0.1, -0.05) is 23.9 Å². The molecule has 27 heteroatoms. The third kappa shape index (κ3) is 8.18. The first-order valence-electron chi connectivity index (χ1n) is 17.7. The number of phenolic OH excluding ortho intramolecular Hbond substituents is 1. The fourth-order valence-electron chi connectivity index (χ4n) is 7.08. The number of nitrogens with one attached hydrogen (secondary N) is 2. The average Bonchev–Trinajstić information content (AvgIpc) is 3.65. The molecule has 5 aliphatic rings. The minimum Gasteiger partial charge on any atom is -0.543 e. The summed E-state index contributed by atoms with van der Waals surface area (Å²) in [6.07, 6.45) is -0.0878. The van der Waals surface area contributed by atoms with Gasteiger partial charge in [0.2, 0.25) is 17.0 Å². The number of carbonyl (C=O) groups is 8. The van der Waals surface area contributed by atoms with Crippen molar-refractivity contribution >= 4 is 80.9 Å². The zero-order chi connectivity index (χ0) is 43.3. The molecule has 23 nitrogen and oxygen atoms in total. The number of hydrogen-bond acceptors (Lipinski definition) is 17. The second kappa shape index (κ2) is 17.7. The van der Waals surface area contributed by atoms with E-state index < -0.39 is 91.0 Å². The molecule has 1 aromatic heterocycles. The maximum atomic E-state index is 13.5. The molecule has 60 heavy (non-hydrogen) atoms. The second-order valence-electron chi connectivity index (χ2n) is 14.2. The van der Waals surface area contributed by atoms with Crippen molar-refractivity contribution in [2.75, 3.05) is 31.1 Å². The molecule has 5 unspecified atom stereocenters. The Kier molecular flexibility index (Phi) is 13.6. The summed E-state index contributed by atoms with van der Waals surface area (Å²) in [5.41, 5.74) is 0.353. The van der Waals surface area contributed by atoms with Crippen LogP contribution in [0.25, 0.3) is 0 Å². The zero-order valence-corrected chi connectivity index (χ0v) is 37.1. The number of carbonyl (C=O) groups excluding carboxylic acids is 7. The number of likely N-dealkylation sites (N-methyl/N-ethyl adjacent to an activating group) is 1. The van der Waals surface area contributed by atoms with Crippen molar-refractivity contribution in [2.45, 2.75) is 66.0 Å². The Labute approximate surface area is 371 Å². The first kappa shape index (κ1) is 46.3. The van der Waals surface area contributed by atoms with E-state index in [0.29, 0.717) is 22.2 Å².